The van der Waals surface area contributed by atoms with Gasteiger partial charge in [-0.25, -0.2) is 0 Å². The first kappa shape index (κ1) is 14.1. The van der Waals surface area contributed by atoms with Crippen LogP contribution >= 0.6 is 0 Å². The summed E-state index contributed by atoms with van der Waals surface area (Å²) in [5.74, 6) is 0. The molecule has 0 aliphatic heterocycles. The molecule has 0 bridgehead atoms. The van der Waals surface area contributed by atoms with Gasteiger partial charge in [0, 0.05) is 18.8 Å². The molecule has 2 N–H and O–H groups in total. The second kappa shape index (κ2) is 7.40. The second-order valence-electron chi connectivity index (χ2n) is 3.56. The van der Waals surface area contributed by atoms with Crippen LogP contribution in [0.15, 0.2) is 0 Å². The molecule has 1 unspecified atom stereocenters. The van der Waals surface area contributed by atoms with Crippen LogP contribution in [0.5, 0.6) is 0 Å². The van der Waals surface area contributed by atoms with Gasteiger partial charge < -0.3 is 14.6 Å². The second-order valence-corrected chi connectivity index (χ2v) is 6.99. The highest BCUT2D eigenvalue weighted by Gasteiger charge is 2.38. The standard InChI is InChI=1S/C10H25NO2Si/c1-5-10(8-9-11)14(4,12-6-2)13-7-3/h10H,5-9,11H2,1-4H3. The zero-order chi connectivity index (χ0) is 11.0. The maximum Gasteiger partial charge on any atom is 0.338 e. The molecule has 0 heterocycles. The SMILES string of the molecule is CCO[Si](C)(OCC)C(CC)CCN. The summed E-state index contributed by atoms with van der Waals surface area (Å²) in [5, 5.41) is 0. The van der Waals surface area contributed by atoms with Crippen LogP contribution < -0.4 is 5.73 Å². The van der Waals surface area contributed by atoms with Crippen LogP contribution in [-0.2, 0) is 8.85 Å². The highest BCUT2D eigenvalue weighted by Crippen LogP contribution is 2.30. The van der Waals surface area contributed by atoms with Gasteiger partial charge in [0.05, 0.1) is 0 Å². The van der Waals surface area contributed by atoms with Crippen molar-refractivity contribution in [1.82, 2.24) is 0 Å². The molecular weight excluding hydrogens is 194 g/mol. The minimum Gasteiger partial charge on any atom is -0.394 e. The summed E-state index contributed by atoms with van der Waals surface area (Å²) in [6.45, 7) is 10.6. The van der Waals surface area contributed by atoms with E-state index < -0.39 is 8.56 Å². The topological polar surface area (TPSA) is 44.5 Å². The lowest BCUT2D eigenvalue weighted by Crippen LogP contribution is -2.44. The number of nitrogens with two attached hydrogens (primary N) is 1. The summed E-state index contributed by atoms with van der Waals surface area (Å²) in [6, 6.07) is 0. The van der Waals surface area contributed by atoms with E-state index in [1.807, 2.05) is 13.8 Å². The molecule has 3 nitrogen and oxygen atoms in total. The van der Waals surface area contributed by atoms with Crippen molar-refractivity contribution < 1.29 is 8.85 Å². The van der Waals surface area contributed by atoms with Crippen LogP contribution in [0.25, 0.3) is 0 Å². The van der Waals surface area contributed by atoms with Gasteiger partial charge in [0.1, 0.15) is 0 Å². The van der Waals surface area contributed by atoms with E-state index in [1.54, 1.807) is 0 Å². The molecule has 0 saturated carbocycles. The van der Waals surface area contributed by atoms with Crippen LogP contribution in [0.4, 0.5) is 0 Å². The Hall–Kier alpha value is 0.0969. The van der Waals surface area contributed by atoms with Crippen LogP contribution in [0.1, 0.15) is 33.6 Å². The molecule has 0 saturated heterocycles. The third kappa shape index (κ3) is 4.08. The summed E-state index contributed by atoms with van der Waals surface area (Å²) in [5.41, 5.74) is 6.13. The molecule has 0 aromatic heterocycles. The monoisotopic (exact) mass is 219 g/mol. The Labute approximate surface area is 89.2 Å². The van der Waals surface area contributed by atoms with Crippen molar-refractivity contribution in [1.29, 1.82) is 0 Å². The van der Waals surface area contributed by atoms with Crippen molar-refractivity contribution in [2.45, 2.75) is 45.7 Å². The molecule has 0 aliphatic rings. The molecule has 4 heteroatoms. The van der Waals surface area contributed by atoms with Crippen LogP contribution in [0.3, 0.4) is 0 Å². The third-order valence-electron chi connectivity index (χ3n) is 2.61. The molecule has 86 valence electrons. The lowest BCUT2D eigenvalue weighted by molar-refractivity contribution is 0.176. The number of hydrogen-bond acceptors (Lipinski definition) is 3. The highest BCUT2D eigenvalue weighted by atomic mass is 28.4. The van der Waals surface area contributed by atoms with Gasteiger partial charge in [-0.2, -0.15) is 0 Å². The van der Waals surface area contributed by atoms with Gasteiger partial charge >= 0.3 is 8.56 Å². The quantitative estimate of drug-likeness (QED) is 0.637. The fourth-order valence-corrected chi connectivity index (χ4v) is 5.02. The number of hydrogen-bond donors (Lipinski definition) is 1. The van der Waals surface area contributed by atoms with Gasteiger partial charge in [0.15, 0.2) is 0 Å². The first-order chi connectivity index (χ1) is 6.64. The van der Waals surface area contributed by atoms with E-state index in [4.69, 9.17) is 14.6 Å². The molecule has 0 spiro atoms. The van der Waals surface area contributed by atoms with Crippen molar-refractivity contribution in [3.05, 3.63) is 0 Å². The van der Waals surface area contributed by atoms with Gasteiger partial charge in [0.2, 0.25) is 0 Å². The van der Waals surface area contributed by atoms with E-state index in [0.717, 1.165) is 32.6 Å². The molecule has 0 radical (unpaired) electrons. The van der Waals surface area contributed by atoms with Gasteiger partial charge in [-0.3, -0.25) is 0 Å². The first-order valence-electron chi connectivity index (χ1n) is 5.62. The maximum absolute atomic E-state index is 5.84. The van der Waals surface area contributed by atoms with E-state index in [-0.39, 0.29) is 0 Å². The van der Waals surface area contributed by atoms with Gasteiger partial charge in [-0.1, -0.05) is 13.3 Å². The van der Waals surface area contributed by atoms with Crippen molar-refractivity contribution in [2.75, 3.05) is 19.8 Å². The average Bonchev–Trinajstić information content (AvgIpc) is 2.14. The van der Waals surface area contributed by atoms with E-state index in [2.05, 4.69) is 13.5 Å². The maximum atomic E-state index is 5.84. The summed E-state index contributed by atoms with van der Waals surface area (Å²) in [6.07, 6.45) is 2.11. The van der Waals surface area contributed by atoms with Crippen molar-refractivity contribution in [2.24, 2.45) is 5.73 Å². The van der Waals surface area contributed by atoms with Gasteiger partial charge in [-0.05, 0) is 33.4 Å². The normalized spacial score (nSPS) is 14.4. The van der Waals surface area contributed by atoms with Crippen molar-refractivity contribution in [3.8, 4) is 0 Å². The molecule has 0 amide bonds. The molecule has 1 atom stereocenters. The zero-order valence-electron chi connectivity index (χ0n) is 10.0. The smallest absolute Gasteiger partial charge is 0.338 e. The van der Waals surface area contributed by atoms with Crippen LogP contribution in [0, 0.1) is 0 Å². The van der Waals surface area contributed by atoms with Crippen LogP contribution in [-0.4, -0.2) is 28.3 Å². The predicted octanol–water partition coefficient (Wildman–Crippen LogP) is 2.26. The predicted molar refractivity (Wildman–Crippen MR) is 62.6 cm³/mol. The fourth-order valence-electron chi connectivity index (χ4n) is 1.89. The van der Waals surface area contributed by atoms with Gasteiger partial charge in [-0.15, -0.1) is 0 Å². The van der Waals surface area contributed by atoms with Crippen LogP contribution in [0.2, 0.25) is 12.1 Å². The Morgan fingerprint density at radius 3 is 1.93 bits per heavy atom. The average molecular weight is 219 g/mol. The van der Waals surface area contributed by atoms with E-state index in [0.29, 0.717) is 5.54 Å². The Kier molecular flexibility index (Phi) is 7.45. The van der Waals surface area contributed by atoms with E-state index in [1.165, 1.54) is 0 Å². The Bertz CT molecular complexity index is 138. The molecular formula is C10H25NO2Si. The summed E-state index contributed by atoms with van der Waals surface area (Å²) < 4.78 is 11.7. The number of rotatable bonds is 8. The first-order valence-corrected chi connectivity index (χ1v) is 8.01. The minimum absolute atomic E-state index is 0.521. The largest absolute Gasteiger partial charge is 0.394 e. The summed E-state index contributed by atoms with van der Waals surface area (Å²) in [7, 11) is -1.98. The molecule has 0 rings (SSSR count). The molecule has 0 fully saturated rings. The lowest BCUT2D eigenvalue weighted by Gasteiger charge is -2.33. The minimum atomic E-state index is -1.98. The molecule has 0 aromatic carbocycles. The van der Waals surface area contributed by atoms with Crippen molar-refractivity contribution in [3.63, 3.8) is 0 Å². The Morgan fingerprint density at radius 2 is 1.64 bits per heavy atom. The summed E-state index contributed by atoms with van der Waals surface area (Å²) >= 11 is 0. The fraction of sp³-hybridized carbons (Fsp3) is 1.00. The van der Waals surface area contributed by atoms with Crippen molar-refractivity contribution >= 4 is 8.56 Å². The zero-order valence-corrected chi connectivity index (χ0v) is 11.0. The third-order valence-corrected chi connectivity index (χ3v) is 6.52. The highest BCUT2D eigenvalue weighted by molar-refractivity contribution is 6.67. The Morgan fingerprint density at radius 1 is 1.14 bits per heavy atom. The Balaban J connectivity index is 4.39. The summed E-state index contributed by atoms with van der Waals surface area (Å²) in [4.78, 5) is 0. The van der Waals surface area contributed by atoms with Gasteiger partial charge in [0.25, 0.3) is 0 Å². The lowest BCUT2D eigenvalue weighted by atomic mass is 10.2. The molecule has 14 heavy (non-hydrogen) atoms. The molecule has 0 aliphatic carbocycles. The van der Waals surface area contributed by atoms with E-state index >= 15 is 0 Å². The molecule has 0 aromatic rings. The van der Waals surface area contributed by atoms with E-state index in [9.17, 15) is 0 Å².